The number of carbonyl (C=O) groups excluding carboxylic acids is 1. The minimum absolute atomic E-state index is 0.311. The molecule has 2 aliphatic rings. The summed E-state index contributed by atoms with van der Waals surface area (Å²) < 4.78 is 5.57. The smallest absolute Gasteiger partial charge is 0.414 e. The Kier molecular flexibility index (Phi) is 12.9. The molecular formula is C28H34N2O11. The van der Waals surface area contributed by atoms with Crippen LogP contribution >= 0.6 is 0 Å². The van der Waals surface area contributed by atoms with Gasteiger partial charge in [-0.1, -0.05) is 60.7 Å². The minimum Gasteiger partial charge on any atom is -0.473 e. The number of carboxylic acids is 4. The van der Waals surface area contributed by atoms with Gasteiger partial charge in [-0.05, 0) is 36.9 Å². The third-order valence-electron chi connectivity index (χ3n) is 6.57. The molecular weight excluding hydrogens is 540 g/mol. The third kappa shape index (κ3) is 9.98. The van der Waals surface area contributed by atoms with Crippen LogP contribution in [0.1, 0.15) is 30.4 Å². The SMILES string of the molecule is O=C(O)C(=O)O.O=C(O)C(=O)O.O=C(OCCCN1CCN2CCCC2C1)C(O)(c1ccccc1)c1ccccc1. The zero-order valence-electron chi connectivity index (χ0n) is 22.3. The highest BCUT2D eigenvalue weighted by Crippen LogP contribution is 2.31. The van der Waals surface area contributed by atoms with Gasteiger partial charge in [-0.3, -0.25) is 4.90 Å². The Morgan fingerprint density at radius 2 is 1.24 bits per heavy atom. The Morgan fingerprint density at radius 1 is 0.756 bits per heavy atom. The molecule has 2 fully saturated rings. The number of piperazine rings is 1. The highest BCUT2D eigenvalue weighted by atomic mass is 16.5. The second kappa shape index (κ2) is 16.1. The van der Waals surface area contributed by atoms with E-state index in [1.807, 2.05) is 36.4 Å². The molecule has 0 aromatic heterocycles. The predicted molar refractivity (Wildman–Crippen MR) is 143 cm³/mol. The molecule has 0 aliphatic carbocycles. The molecule has 0 radical (unpaired) electrons. The molecule has 1 unspecified atom stereocenters. The van der Waals surface area contributed by atoms with Gasteiger partial charge in [-0.2, -0.15) is 0 Å². The molecule has 2 saturated heterocycles. The summed E-state index contributed by atoms with van der Waals surface area (Å²) in [6.07, 6.45) is 3.39. The van der Waals surface area contributed by atoms with E-state index in [4.69, 9.17) is 44.3 Å². The maximum atomic E-state index is 13.0. The molecule has 5 N–H and O–H groups in total. The number of carbonyl (C=O) groups is 5. The van der Waals surface area contributed by atoms with Crippen LogP contribution in [0.25, 0.3) is 0 Å². The fraction of sp³-hybridized carbons (Fsp3) is 0.393. The van der Waals surface area contributed by atoms with E-state index >= 15 is 0 Å². The lowest BCUT2D eigenvalue weighted by Gasteiger charge is -2.37. The number of hydrogen-bond donors (Lipinski definition) is 5. The zero-order valence-corrected chi connectivity index (χ0v) is 22.3. The first-order valence-electron chi connectivity index (χ1n) is 12.9. The van der Waals surface area contributed by atoms with Gasteiger partial charge >= 0.3 is 29.8 Å². The van der Waals surface area contributed by atoms with Crippen molar-refractivity contribution in [3.63, 3.8) is 0 Å². The Labute approximate surface area is 236 Å². The number of hydrogen-bond acceptors (Lipinski definition) is 9. The van der Waals surface area contributed by atoms with Gasteiger partial charge in [0.2, 0.25) is 5.60 Å². The number of carboxylic acid groups (broad SMARTS) is 4. The summed E-state index contributed by atoms with van der Waals surface area (Å²) in [7, 11) is 0. The summed E-state index contributed by atoms with van der Waals surface area (Å²) in [4.78, 5) is 54.4. The zero-order chi connectivity index (χ0) is 30.4. The van der Waals surface area contributed by atoms with Crippen LogP contribution in [-0.2, 0) is 34.3 Å². The maximum absolute atomic E-state index is 13.0. The molecule has 0 bridgehead atoms. The van der Waals surface area contributed by atoms with Crippen molar-refractivity contribution in [3.05, 3.63) is 71.8 Å². The second-order valence-corrected chi connectivity index (χ2v) is 9.29. The number of ether oxygens (including phenoxy) is 1. The maximum Gasteiger partial charge on any atom is 0.414 e. The molecule has 0 spiro atoms. The van der Waals surface area contributed by atoms with E-state index in [2.05, 4.69) is 9.80 Å². The molecule has 2 aromatic rings. The van der Waals surface area contributed by atoms with Crippen molar-refractivity contribution >= 4 is 29.8 Å². The quantitative estimate of drug-likeness (QED) is 0.178. The summed E-state index contributed by atoms with van der Waals surface area (Å²) in [5, 5.41) is 40.9. The van der Waals surface area contributed by atoms with Gasteiger partial charge in [0, 0.05) is 32.2 Å². The number of rotatable bonds is 7. The summed E-state index contributed by atoms with van der Waals surface area (Å²) in [6.45, 7) is 5.83. The largest absolute Gasteiger partial charge is 0.473 e. The van der Waals surface area contributed by atoms with E-state index in [9.17, 15) is 9.90 Å². The monoisotopic (exact) mass is 574 g/mol. The van der Waals surface area contributed by atoms with Gasteiger partial charge in [0.15, 0.2) is 0 Å². The van der Waals surface area contributed by atoms with Crippen molar-refractivity contribution in [1.29, 1.82) is 0 Å². The van der Waals surface area contributed by atoms with Crippen molar-refractivity contribution in [2.24, 2.45) is 0 Å². The standard InChI is InChI=1S/C24H30N2O3.2C2H2O4/c27-23(29-18-8-14-25-16-17-26-15-7-13-22(26)19-25)24(28,20-9-3-1-4-10-20)21-11-5-2-6-12-21;2*3-1(4)2(5)6/h1-6,9-12,22,28H,7-8,13-19H2;2*(H,3,4)(H,5,6). The van der Waals surface area contributed by atoms with Crippen LogP contribution in [0.3, 0.4) is 0 Å². The third-order valence-corrected chi connectivity index (χ3v) is 6.57. The lowest BCUT2D eigenvalue weighted by atomic mass is 9.86. The Hall–Kier alpha value is -4.33. The molecule has 2 aromatic carbocycles. The fourth-order valence-electron chi connectivity index (χ4n) is 4.58. The summed E-state index contributed by atoms with van der Waals surface area (Å²) in [6, 6.07) is 18.7. The number of esters is 1. The van der Waals surface area contributed by atoms with Crippen LogP contribution in [0.4, 0.5) is 0 Å². The number of nitrogens with zero attached hydrogens (tertiary/aromatic N) is 2. The summed E-state index contributed by atoms with van der Waals surface area (Å²) >= 11 is 0. The highest BCUT2D eigenvalue weighted by Gasteiger charge is 2.41. The van der Waals surface area contributed by atoms with Gasteiger partial charge in [0.1, 0.15) is 0 Å². The van der Waals surface area contributed by atoms with Crippen molar-refractivity contribution in [2.75, 3.05) is 39.3 Å². The Balaban J connectivity index is 0.000000413. The molecule has 1 atom stereocenters. The molecule has 13 heteroatoms. The van der Waals surface area contributed by atoms with Gasteiger partial charge in [-0.25, -0.2) is 24.0 Å². The molecule has 222 valence electrons. The van der Waals surface area contributed by atoms with E-state index in [1.54, 1.807) is 24.3 Å². The summed E-state index contributed by atoms with van der Waals surface area (Å²) in [5.41, 5.74) is -0.750. The first kappa shape index (κ1) is 32.9. The molecule has 2 aliphatic heterocycles. The van der Waals surface area contributed by atoms with E-state index < -0.39 is 35.4 Å². The summed E-state index contributed by atoms with van der Waals surface area (Å²) in [5.74, 6) is -7.91. The van der Waals surface area contributed by atoms with Crippen LogP contribution < -0.4 is 0 Å². The number of aliphatic carboxylic acids is 4. The van der Waals surface area contributed by atoms with Gasteiger partial charge < -0.3 is 35.2 Å². The first-order chi connectivity index (χ1) is 19.5. The number of fused-ring (bicyclic) bond motifs is 1. The highest BCUT2D eigenvalue weighted by molar-refractivity contribution is 6.27. The van der Waals surface area contributed by atoms with Crippen molar-refractivity contribution in [1.82, 2.24) is 9.80 Å². The van der Waals surface area contributed by atoms with Gasteiger partial charge in [0.25, 0.3) is 0 Å². The van der Waals surface area contributed by atoms with E-state index in [-0.39, 0.29) is 0 Å². The lowest BCUT2D eigenvalue weighted by Crippen LogP contribution is -2.50. The molecule has 4 rings (SSSR count). The van der Waals surface area contributed by atoms with Crippen molar-refractivity contribution < 1.29 is 54.2 Å². The first-order valence-corrected chi connectivity index (χ1v) is 12.9. The number of aliphatic hydroxyl groups is 1. The number of benzene rings is 2. The molecule has 41 heavy (non-hydrogen) atoms. The van der Waals surface area contributed by atoms with Crippen LogP contribution in [0, 0.1) is 0 Å². The average Bonchev–Trinajstić information content (AvgIpc) is 3.44. The van der Waals surface area contributed by atoms with Crippen molar-refractivity contribution in [3.8, 4) is 0 Å². The van der Waals surface area contributed by atoms with Crippen molar-refractivity contribution in [2.45, 2.75) is 30.9 Å². The normalized spacial score (nSPS) is 16.6. The van der Waals surface area contributed by atoms with Crippen LogP contribution in [0.15, 0.2) is 60.7 Å². The van der Waals surface area contributed by atoms with E-state index in [0.29, 0.717) is 23.8 Å². The second-order valence-electron chi connectivity index (χ2n) is 9.29. The van der Waals surface area contributed by atoms with Gasteiger partial charge in [0.05, 0.1) is 6.61 Å². The van der Waals surface area contributed by atoms with Gasteiger partial charge in [-0.15, -0.1) is 0 Å². The lowest BCUT2D eigenvalue weighted by molar-refractivity contribution is -0.162. The van der Waals surface area contributed by atoms with E-state index in [0.717, 1.165) is 32.6 Å². The van der Waals surface area contributed by atoms with Crippen LogP contribution in [0.5, 0.6) is 0 Å². The van der Waals surface area contributed by atoms with E-state index in [1.165, 1.54) is 19.4 Å². The fourth-order valence-corrected chi connectivity index (χ4v) is 4.58. The topological polar surface area (TPSA) is 202 Å². The minimum atomic E-state index is -1.82. The van der Waals surface area contributed by atoms with Crippen LogP contribution in [0.2, 0.25) is 0 Å². The van der Waals surface area contributed by atoms with Crippen LogP contribution in [-0.4, -0.2) is 111 Å². The molecule has 2 heterocycles. The molecule has 0 saturated carbocycles. The average molecular weight is 575 g/mol. The molecule has 0 amide bonds. The molecule has 13 nitrogen and oxygen atoms in total. The Morgan fingerprint density at radius 3 is 1.71 bits per heavy atom. The predicted octanol–water partition coefficient (Wildman–Crippen LogP) is 0.947. The Bertz CT molecular complexity index is 1090.